The summed E-state index contributed by atoms with van der Waals surface area (Å²) in [6.45, 7) is 5.31. The summed E-state index contributed by atoms with van der Waals surface area (Å²) in [7, 11) is 0. The van der Waals surface area contributed by atoms with Crippen LogP contribution in [0.1, 0.15) is 37.3 Å². The van der Waals surface area contributed by atoms with Gasteiger partial charge in [0.2, 0.25) is 0 Å². The van der Waals surface area contributed by atoms with Gasteiger partial charge in [0.05, 0.1) is 17.8 Å². The highest BCUT2D eigenvalue weighted by atomic mass is 32.1. The number of nitrogens with zero attached hydrogens (tertiary/aromatic N) is 4. The van der Waals surface area contributed by atoms with E-state index in [1.54, 1.807) is 0 Å². The zero-order chi connectivity index (χ0) is 18.8. The summed E-state index contributed by atoms with van der Waals surface area (Å²) in [4.78, 5) is 11.4. The number of thiocarbonyl (C=S) groups is 1. The average molecular weight is 378 g/mol. The Bertz CT molecular complexity index is 907. The van der Waals surface area contributed by atoms with Crippen LogP contribution in [0.25, 0.3) is 5.82 Å². The highest BCUT2D eigenvalue weighted by molar-refractivity contribution is 7.80. The molecule has 1 aliphatic heterocycles. The fourth-order valence-electron chi connectivity index (χ4n) is 3.66. The largest absolute Gasteiger partial charge is 0.352 e. The molecule has 0 aliphatic carbocycles. The second-order valence-electron chi connectivity index (χ2n) is 7.16. The summed E-state index contributed by atoms with van der Waals surface area (Å²) in [6.07, 6.45) is 5.71. The van der Waals surface area contributed by atoms with E-state index < -0.39 is 0 Å². The Labute approximate surface area is 165 Å². The zero-order valence-electron chi connectivity index (χ0n) is 15.5. The standard InChI is InChI=1S/C21H23N5S/c1-15(2)14-26-20(19(24-21(26)27)16-8-3-5-11-22-16)17-9-7-13-25(17)18-10-4-6-12-23-18/h3-13,15,19-20H,14H2,1-2H3,(H,24,27)/t19-,20+/m1/s1. The van der Waals surface area contributed by atoms with Crippen LogP contribution in [0, 0.1) is 5.92 Å². The van der Waals surface area contributed by atoms with E-state index in [-0.39, 0.29) is 12.1 Å². The van der Waals surface area contributed by atoms with Crippen LogP contribution >= 0.6 is 12.2 Å². The molecule has 0 amide bonds. The van der Waals surface area contributed by atoms with Crippen molar-refractivity contribution < 1.29 is 0 Å². The molecule has 1 fully saturated rings. The van der Waals surface area contributed by atoms with Gasteiger partial charge in [0.15, 0.2) is 5.11 Å². The van der Waals surface area contributed by atoms with Gasteiger partial charge in [0.25, 0.3) is 0 Å². The number of rotatable bonds is 5. The molecule has 0 spiro atoms. The van der Waals surface area contributed by atoms with Crippen LogP contribution in [0.3, 0.4) is 0 Å². The molecule has 3 aromatic rings. The lowest BCUT2D eigenvalue weighted by molar-refractivity contribution is 0.280. The normalized spacial score (nSPS) is 19.5. The number of nitrogens with one attached hydrogen (secondary N) is 1. The molecule has 0 saturated carbocycles. The predicted molar refractivity (Wildman–Crippen MR) is 111 cm³/mol. The van der Waals surface area contributed by atoms with E-state index in [9.17, 15) is 0 Å². The predicted octanol–water partition coefficient (Wildman–Crippen LogP) is 3.90. The molecule has 4 rings (SSSR count). The monoisotopic (exact) mass is 377 g/mol. The molecule has 0 radical (unpaired) electrons. The fraction of sp³-hybridized carbons (Fsp3) is 0.286. The van der Waals surface area contributed by atoms with Gasteiger partial charge in [-0.25, -0.2) is 4.98 Å². The van der Waals surface area contributed by atoms with Gasteiger partial charge in [-0.2, -0.15) is 0 Å². The fourth-order valence-corrected chi connectivity index (χ4v) is 3.97. The first kappa shape index (κ1) is 17.7. The van der Waals surface area contributed by atoms with Gasteiger partial charge in [0, 0.05) is 30.8 Å². The second kappa shape index (κ2) is 7.48. The SMILES string of the molecule is CC(C)CN1C(=S)N[C@H](c2ccccn2)[C@@H]1c1cccn1-c1ccccn1. The smallest absolute Gasteiger partial charge is 0.170 e. The number of aromatic nitrogens is 3. The Morgan fingerprint density at radius 2 is 1.81 bits per heavy atom. The van der Waals surface area contributed by atoms with Crippen molar-refractivity contribution in [1.82, 2.24) is 24.8 Å². The van der Waals surface area contributed by atoms with Gasteiger partial charge in [0.1, 0.15) is 5.82 Å². The number of pyridine rings is 2. The summed E-state index contributed by atoms with van der Waals surface area (Å²) in [5.74, 6) is 1.40. The summed E-state index contributed by atoms with van der Waals surface area (Å²) in [5, 5.41) is 4.28. The summed E-state index contributed by atoms with van der Waals surface area (Å²) in [5.41, 5.74) is 2.14. The minimum absolute atomic E-state index is 0.00480. The quantitative estimate of drug-likeness (QED) is 0.684. The van der Waals surface area contributed by atoms with Gasteiger partial charge >= 0.3 is 0 Å². The molecular formula is C21H23N5S. The lowest BCUT2D eigenvalue weighted by Gasteiger charge is -2.30. The minimum atomic E-state index is -0.00480. The maximum Gasteiger partial charge on any atom is 0.170 e. The first-order chi connectivity index (χ1) is 13.1. The van der Waals surface area contributed by atoms with Crippen LogP contribution in [-0.2, 0) is 0 Å². The van der Waals surface area contributed by atoms with Crippen molar-refractivity contribution in [3.05, 3.63) is 78.5 Å². The Kier molecular flexibility index (Phi) is 4.90. The van der Waals surface area contributed by atoms with Crippen LogP contribution in [0.15, 0.2) is 67.1 Å². The minimum Gasteiger partial charge on any atom is -0.352 e. The zero-order valence-corrected chi connectivity index (χ0v) is 16.3. The third-order valence-corrected chi connectivity index (χ3v) is 5.09. The van der Waals surface area contributed by atoms with Gasteiger partial charge < -0.3 is 14.8 Å². The van der Waals surface area contributed by atoms with Crippen molar-refractivity contribution in [2.75, 3.05) is 6.54 Å². The van der Waals surface area contributed by atoms with E-state index >= 15 is 0 Å². The van der Waals surface area contributed by atoms with Crippen LogP contribution in [0.2, 0.25) is 0 Å². The van der Waals surface area contributed by atoms with Gasteiger partial charge in [-0.15, -0.1) is 0 Å². The van der Waals surface area contributed by atoms with E-state index in [1.165, 1.54) is 0 Å². The summed E-state index contributed by atoms with van der Waals surface area (Å²) >= 11 is 5.71. The van der Waals surface area contributed by atoms with Crippen molar-refractivity contribution >= 4 is 17.3 Å². The Hall–Kier alpha value is -2.73. The van der Waals surface area contributed by atoms with Crippen molar-refractivity contribution in [3.63, 3.8) is 0 Å². The van der Waals surface area contributed by atoms with E-state index in [0.29, 0.717) is 5.92 Å². The number of hydrogen-bond acceptors (Lipinski definition) is 3. The third-order valence-electron chi connectivity index (χ3n) is 4.74. The van der Waals surface area contributed by atoms with Gasteiger partial charge in [-0.05, 0) is 54.5 Å². The van der Waals surface area contributed by atoms with Crippen molar-refractivity contribution in [2.45, 2.75) is 25.9 Å². The maximum atomic E-state index is 5.71. The average Bonchev–Trinajstić information content (AvgIpc) is 3.28. The van der Waals surface area contributed by atoms with Crippen molar-refractivity contribution in [3.8, 4) is 5.82 Å². The van der Waals surface area contributed by atoms with E-state index in [1.807, 2.05) is 42.7 Å². The van der Waals surface area contributed by atoms with Crippen LogP contribution < -0.4 is 5.32 Å². The van der Waals surface area contributed by atoms with E-state index in [0.717, 1.165) is 28.9 Å². The van der Waals surface area contributed by atoms with Crippen LogP contribution in [0.5, 0.6) is 0 Å². The Morgan fingerprint density at radius 1 is 1.04 bits per heavy atom. The molecule has 0 unspecified atom stereocenters. The molecule has 3 aromatic heterocycles. The molecule has 1 aliphatic rings. The Balaban J connectivity index is 1.81. The third kappa shape index (κ3) is 3.45. The van der Waals surface area contributed by atoms with Gasteiger partial charge in [-0.3, -0.25) is 4.98 Å². The molecule has 4 heterocycles. The first-order valence-corrected chi connectivity index (χ1v) is 9.62. The lowest BCUT2D eigenvalue weighted by atomic mass is 10.0. The molecule has 5 nitrogen and oxygen atoms in total. The summed E-state index contributed by atoms with van der Waals surface area (Å²) in [6, 6.07) is 16.2. The second-order valence-corrected chi connectivity index (χ2v) is 7.55. The number of hydrogen-bond donors (Lipinski definition) is 1. The topological polar surface area (TPSA) is 46.0 Å². The molecule has 2 atom stereocenters. The van der Waals surface area contributed by atoms with Crippen molar-refractivity contribution in [2.24, 2.45) is 5.92 Å². The molecule has 27 heavy (non-hydrogen) atoms. The van der Waals surface area contributed by atoms with Crippen molar-refractivity contribution in [1.29, 1.82) is 0 Å². The van der Waals surface area contributed by atoms with E-state index in [2.05, 4.69) is 63.0 Å². The van der Waals surface area contributed by atoms with Crippen LogP contribution in [-0.4, -0.2) is 31.1 Å². The molecule has 6 heteroatoms. The molecule has 138 valence electrons. The molecule has 1 saturated heterocycles. The van der Waals surface area contributed by atoms with E-state index in [4.69, 9.17) is 12.2 Å². The Morgan fingerprint density at radius 3 is 2.48 bits per heavy atom. The highest BCUT2D eigenvalue weighted by Gasteiger charge is 2.41. The molecule has 0 bridgehead atoms. The van der Waals surface area contributed by atoms with Crippen LogP contribution in [0.4, 0.5) is 0 Å². The molecular weight excluding hydrogens is 354 g/mol. The highest BCUT2D eigenvalue weighted by Crippen LogP contribution is 2.39. The van der Waals surface area contributed by atoms with Gasteiger partial charge in [-0.1, -0.05) is 26.0 Å². The summed E-state index contributed by atoms with van der Waals surface area (Å²) < 4.78 is 2.14. The first-order valence-electron chi connectivity index (χ1n) is 9.22. The lowest BCUT2D eigenvalue weighted by Crippen LogP contribution is -2.33. The maximum absolute atomic E-state index is 5.71. The molecule has 0 aromatic carbocycles. The molecule has 1 N–H and O–H groups in total.